The summed E-state index contributed by atoms with van der Waals surface area (Å²) in [6.07, 6.45) is 4.36. The molecule has 1 aromatic rings. The van der Waals surface area contributed by atoms with Crippen LogP contribution in [0.4, 0.5) is 0 Å². The van der Waals surface area contributed by atoms with Crippen LogP contribution in [0.15, 0.2) is 18.2 Å². The molecule has 106 valence electrons. The van der Waals surface area contributed by atoms with Gasteiger partial charge in [0.1, 0.15) is 0 Å². The Hall–Kier alpha value is -1.68. The van der Waals surface area contributed by atoms with Crippen molar-refractivity contribution in [1.82, 2.24) is 4.90 Å². The third-order valence-electron chi connectivity index (χ3n) is 4.36. The lowest BCUT2D eigenvalue weighted by Crippen LogP contribution is -2.46. The Balaban J connectivity index is 1.86. The Morgan fingerprint density at radius 2 is 1.75 bits per heavy atom. The first-order valence-corrected chi connectivity index (χ1v) is 7.19. The molecule has 4 nitrogen and oxygen atoms in total. The van der Waals surface area contributed by atoms with Gasteiger partial charge in [0.05, 0.1) is 23.3 Å². The van der Waals surface area contributed by atoms with Crippen LogP contribution in [-0.4, -0.2) is 34.0 Å². The van der Waals surface area contributed by atoms with Crippen LogP contribution in [0.3, 0.4) is 0 Å². The molecule has 0 aromatic heterocycles. The Morgan fingerprint density at radius 1 is 1.10 bits per heavy atom. The average Bonchev–Trinajstić information content (AvgIpc) is 2.64. The number of aryl methyl sites for hydroxylation is 1. The zero-order chi connectivity index (χ0) is 14.3. The number of aliphatic hydroxyl groups is 1. The molecule has 2 amide bonds. The predicted molar refractivity (Wildman–Crippen MR) is 74.6 cm³/mol. The molecular weight excluding hydrogens is 254 g/mol. The lowest BCUT2D eigenvalue weighted by atomic mass is 9.84. The molecule has 1 aliphatic carbocycles. The van der Waals surface area contributed by atoms with Crippen LogP contribution < -0.4 is 0 Å². The normalized spacial score (nSPS) is 21.2. The zero-order valence-electron chi connectivity index (χ0n) is 11.7. The minimum absolute atomic E-state index is 0.123. The first-order chi connectivity index (χ1) is 9.50. The quantitative estimate of drug-likeness (QED) is 0.841. The molecule has 20 heavy (non-hydrogen) atoms. The first-order valence-electron chi connectivity index (χ1n) is 7.19. The number of benzene rings is 1. The summed E-state index contributed by atoms with van der Waals surface area (Å²) in [4.78, 5) is 25.9. The number of hydrogen-bond donors (Lipinski definition) is 1. The van der Waals surface area contributed by atoms with E-state index in [2.05, 4.69) is 0 Å². The number of carbonyl (C=O) groups excluding carboxylic acids is 2. The number of hydrogen-bond acceptors (Lipinski definition) is 3. The van der Waals surface area contributed by atoms with Gasteiger partial charge in [-0.15, -0.1) is 0 Å². The molecule has 0 saturated heterocycles. The largest absolute Gasteiger partial charge is 0.388 e. The van der Waals surface area contributed by atoms with Crippen LogP contribution in [0.5, 0.6) is 0 Å². The molecule has 1 aliphatic heterocycles. The van der Waals surface area contributed by atoms with Crippen molar-refractivity contribution in [3.05, 3.63) is 34.9 Å². The predicted octanol–water partition coefficient (Wildman–Crippen LogP) is 2.29. The maximum Gasteiger partial charge on any atom is 0.261 e. The number of nitrogens with zero attached hydrogens (tertiary/aromatic N) is 1. The van der Waals surface area contributed by atoms with Crippen LogP contribution in [0.25, 0.3) is 0 Å². The summed E-state index contributed by atoms with van der Waals surface area (Å²) >= 11 is 0. The Labute approximate surface area is 118 Å². The number of rotatable bonds is 2. The van der Waals surface area contributed by atoms with Gasteiger partial charge in [-0.1, -0.05) is 30.9 Å². The molecule has 1 aromatic carbocycles. The molecule has 1 heterocycles. The fourth-order valence-corrected chi connectivity index (χ4v) is 3.21. The number of carbonyl (C=O) groups is 2. The molecule has 1 N–H and O–H groups in total. The van der Waals surface area contributed by atoms with E-state index in [4.69, 9.17) is 0 Å². The zero-order valence-corrected chi connectivity index (χ0v) is 11.7. The van der Waals surface area contributed by atoms with Gasteiger partial charge in [-0.3, -0.25) is 14.5 Å². The van der Waals surface area contributed by atoms with Crippen LogP contribution in [0.2, 0.25) is 0 Å². The van der Waals surface area contributed by atoms with E-state index >= 15 is 0 Å². The number of amides is 2. The fraction of sp³-hybridized carbons (Fsp3) is 0.500. The van der Waals surface area contributed by atoms with Crippen LogP contribution in [0, 0.1) is 6.92 Å². The van der Waals surface area contributed by atoms with Gasteiger partial charge in [-0.25, -0.2) is 0 Å². The summed E-state index contributed by atoms with van der Waals surface area (Å²) < 4.78 is 0. The standard InChI is InChI=1S/C16H19NO3/c1-11-5-6-12-13(9-11)15(19)17(14(12)18)10-16(20)7-3-2-4-8-16/h5-6,9,20H,2-4,7-8,10H2,1H3. The Morgan fingerprint density at radius 3 is 2.45 bits per heavy atom. The van der Waals surface area contributed by atoms with Crippen LogP contribution >= 0.6 is 0 Å². The van der Waals surface area contributed by atoms with Gasteiger partial charge in [-0.2, -0.15) is 0 Å². The van der Waals surface area contributed by atoms with Crippen LogP contribution in [-0.2, 0) is 0 Å². The third kappa shape index (κ3) is 2.14. The second kappa shape index (κ2) is 4.70. The van der Waals surface area contributed by atoms with E-state index in [1.54, 1.807) is 12.1 Å². The molecular formula is C16H19NO3. The van der Waals surface area contributed by atoms with Crippen molar-refractivity contribution >= 4 is 11.8 Å². The van der Waals surface area contributed by atoms with E-state index < -0.39 is 5.60 Å². The molecule has 4 heteroatoms. The molecule has 0 unspecified atom stereocenters. The van der Waals surface area contributed by atoms with Crippen molar-refractivity contribution < 1.29 is 14.7 Å². The highest BCUT2D eigenvalue weighted by molar-refractivity contribution is 6.21. The van der Waals surface area contributed by atoms with Gasteiger partial charge in [0, 0.05) is 0 Å². The topological polar surface area (TPSA) is 57.6 Å². The molecule has 2 aliphatic rings. The average molecular weight is 273 g/mol. The van der Waals surface area contributed by atoms with Gasteiger partial charge in [-0.05, 0) is 31.9 Å². The highest BCUT2D eigenvalue weighted by Crippen LogP contribution is 2.32. The number of β-amino-alcohol motifs (C(OH)–C–C–N with tert-alkyl or cyclic N) is 1. The highest BCUT2D eigenvalue weighted by Gasteiger charge is 2.41. The summed E-state index contributed by atoms with van der Waals surface area (Å²) in [6.45, 7) is 2.02. The van der Waals surface area contributed by atoms with Crippen molar-refractivity contribution in [2.24, 2.45) is 0 Å². The lowest BCUT2D eigenvalue weighted by molar-refractivity contribution is -0.0177. The second-order valence-corrected chi connectivity index (χ2v) is 6.03. The van der Waals surface area contributed by atoms with Crippen molar-refractivity contribution in [1.29, 1.82) is 0 Å². The van der Waals surface area contributed by atoms with Crippen molar-refractivity contribution in [2.45, 2.75) is 44.6 Å². The summed E-state index contributed by atoms with van der Waals surface area (Å²) in [5.74, 6) is -0.545. The van der Waals surface area contributed by atoms with E-state index in [0.717, 1.165) is 24.8 Å². The van der Waals surface area contributed by atoms with Crippen LogP contribution in [0.1, 0.15) is 58.4 Å². The van der Waals surface area contributed by atoms with E-state index in [0.29, 0.717) is 24.0 Å². The van der Waals surface area contributed by atoms with E-state index in [1.807, 2.05) is 13.0 Å². The SMILES string of the molecule is Cc1ccc2c(c1)C(=O)N(CC1(O)CCCCC1)C2=O. The molecule has 0 bridgehead atoms. The van der Waals surface area contributed by atoms with Gasteiger partial charge in [0.25, 0.3) is 11.8 Å². The lowest BCUT2D eigenvalue weighted by Gasteiger charge is -2.34. The monoisotopic (exact) mass is 273 g/mol. The number of fused-ring (bicyclic) bond motifs is 1. The van der Waals surface area contributed by atoms with Crippen molar-refractivity contribution in [3.63, 3.8) is 0 Å². The molecule has 1 fully saturated rings. The van der Waals surface area contributed by atoms with Crippen molar-refractivity contribution in [2.75, 3.05) is 6.54 Å². The second-order valence-electron chi connectivity index (χ2n) is 6.03. The minimum Gasteiger partial charge on any atom is -0.388 e. The third-order valence-corrected chi connectivity index (χ3v) is 4.36. The van der Waals surface area contributed by atoms with E-state index in [1.165, 1.54) is 4.90 Å². The molecule has 0 atom stereocenters. The van der Waals surface area contributed by atoms with Gasteiger partial charge >= 0.3 is 0 Å². The number of imide groups is 1. The molecule has 1 saturated carbocycles. The van der Waals surface area contributed by atoms with Gasteiger partial charge in [0.15, 0.2) is 0 Å². The van der Waals surface area contributed by atoms with E-state index in [-0.39, 0.29) is 18.4 Å². The van der Waals surface area contributed by atoms with Gasteiger partial charge < -0.3 is 5.11 Å². The van der Waals surface area contributed by atoms with Gasteiger partial charge in [0.2, 0.25) is 0 Å². The smallest absolute Gasteiger partial charge is 0.261 e. The Bertz CT molecular complexity index is 573. The summed E-state index contributed by atoms with van der Waals surface area (Å²) in [5.41, 5.74) is 0.984. The first kappa shape index (κ1) is 13.3. The summed E-state index contributed by atoms with van der Waals surface area (Å²) in [5, 5.41) is 10.6. The van der Waals surface area contributed by atoms with Crippen molar-refractivity contribution in [3.8, 4) is 0 Å². The minimum atomic E-state index is -0.902. The molecule has 0 radical (unpaired) electrons. The maximum atomic E-state index is 12.4. The van der Waals surface area contributed by atoms with E-state index in [9.17, 15) is 14.7 Å². The molecule has 3 rings (SSSR count). The maximum absolute atomic E-state index is 12.4. The summed E-state index contributed by atoms with van der Waals surface area (Å²) in [7, 11) is 0. The highest BCUT2D eigenvalue weighted by atomic mass is 16.3. The fourth-order valence-electron chi connectivity index (χ4n) is 3.21. The Kier molecular flexibility index (Phi) is 3.13. The molecule has 0 spiro atoms. The summed E-state index contributed by atoms with van der Waals surface area (Å²) in [6, 6.07) is 5.29.